The van der Waals surface area contributed by atoms with Gasteiger partial charge in [0.1, 0.15) is 5.75 Å². The van der Waals surface area contributed by atoms with Crippen LogP contribution in [0.4, 0.5) is 0 Å². The summed E-state index contributed by atoms with van der Waals surface area (Å²) in [6.07, 6.45) is 2.89. The summed E-state index contributed by atoms with van der Waals surface area (Å²) in [4.78, 5) is 12.3. The van der Waals surface area contributed by atoms with Crippen molar-refractivity contribution in [3.8, 4) is 5.75 Å². The normalized spacial score (nSPS) is 18.8. The Bertz CT molecular complexity index is 448. The quantitative estimate of drug-likeness (QED) is 0.827. The van der Waals surface area contributed by atoms with Crippen LogP contribution in [0.25, 0.3) is 0 Å². The molecule has 2 rings (SSSR count). The van der Waals surface area contributed by atoms with E-state index in [-0.39, 0.29) is 5.78 Å². The molecule has 1 N–H and O–H groups in total. The standard InChI is InChI=1S/C16H23NO2/c1-11(2)14-9-12(6-7-16(14)19-3)15(18)10-13-5-4-8-17-13/h6-7,9,11,13,17H,4-5,8,10H2,1-3H3. The molecule has 1 atom stereocenters. The summed E-state index contributed by atoms with van der Waals surface area (Å²) in [6.45, 7) is 5.27. The lowest BCUT2D eigenvalue weighted by Crippen LogP contribution is -2.24. The van der Waals surface area contributed by atoms with Crippen LogP contribution in [-0.4, -0.2) is 25.5 Å². The van der Waals surface area contributed by atoms with Crippen molar-refractivity contribution in [2.24, 2.45) is 0 Å². The molecule has 3 heteroatoms. The molecule has 0 amide bonds. The molecule has 0 aromatic heterocycles. The van der Waals surface area contributed by atoms with Crippen LogP contribution in [0, 0.1) is 0 Å². The fourth-order valence-electron chi connectivity index (χ4n) is 2.63. The van der Waals surface area contributed by atoms with Gasteiger partial charge in [0, 0.05) is 18.0 Å². The summed E-state index contributed by atoms with van der Waals surface area (Å²) in [5.74, 6) is 1.45. The number of hydrogen-bond donors (Lipinski definition) is 1. The number of nitrogens with one attached hydrogen (secondary N) is 1. The SMILES string of the molecule is COc1ccc(C(=O)CC2CCCN2)cc1C(C)C. The van der Waals surface area contributed by atoms with Gasteiger partial charge < -0.3 is 10.1 Å². The third-order valence-corrected chi connectivity index (χ3v) is 3.77. The highest BCUT2D eigenvalue weighted by atomic mass is 16.5. The summed E-state index contributed by atoms with van der Waals surface area (Å²) in [5, 5.41) is 3.37. The first-order valence-electron chi connectivity index (χ1n) is 7.06. The molecule has 104 valence electrons. The third kappa shape index (κ3) is 3.35. The molecular formula is C16H23NO2. The van der Waals surface area contributed by atoms with E-state index in [2.05, 4.69) is 19.2 Å². The van der Waals surface area contributed by atoms with Crippen LogP contribution in [0.2, 0.25) is 0 Å². The number of ketones is 1. The van der Waals surface area contributed by atoms with Gasteiger partial charge in [0.2, 0.25) is 0 Å². The lowest BCUT2D eigenvalue weighted by molar-refractivity contribution is 0.0971. The molecule has 0 saturated carbocycles. The van der Waals surface area contributed by atoms with Crippen LogP contribution in [0.1, 0.15) is 54.9 Å². The van der Waals surface area contributed by atoms with E-state index >= 15 is 0 Å². The Kier molecular flexibility index (Phi) is 4.59. The Balaban J connectivity index is 2.15. The molecule has 1 saturated heterocycles. The van der Waals surface area contributed by atoms with Crippen molar-refractivity contribution in [2.45, 2.75) is 45.1 Å². The third-order valence-electron chi connectivity index (χ3n) is 3.77. The first kappa shape index (κ1) is 14.1. The first-order valence-corrected chi connectivity index (χ1v) is 7.06. The van der Waals surface area contributed by atoms with E-state index in [0.717, 1.165) is 29.8 Å². The molecule has 0 spiro atoms. The molecule has 19 heavy (non-hydrogen) atoms. The first-order chi connectivity index (χ1) is 9.11. The number of carbonyl (C=O) groups is 1. The van der Waals surface area contributed by atoms with Gasteiger partial charge in [0.15, 0.2) is 5.78 Å². The number of benzene rings is 1. The number of carbonyl (C=O) groups excluding carboxylic acids is 1. The number of methoxy groups -OCH3 is 1. The molecule has 0 bridgehead atoms. The second-order valence-corrected chi connectivity index (χ2v) is 5.53. The highest BCUT2D eigenvalue weighted by molar-refractivity contribution is 5.96. The van der Waals surface area contributed by atoms with Crippen molar-refractivity contribution in [1.29, 1.82) is 0 Å². The largest absolute Gasteiger partial charge is 0.496 e. The minimum absolute atomic E-state index is 0.226. The predicted molar refractivity (Wildman–Crippen MR) is 77.1 cm³/mol. The summed E-state index contributed by atoms with van der Waals surface area (Å²) in [6, 6.07) is 6.13. The molecule has 1 fully saturated rings. The van der Waals surface area contributed by atoms with Gasteiger partial charge >= 0.3 is 0 Å². The Hall–Kier alpha value is -1.35. The summed E-state index contributed by atoms with van der Waals surface area (Å²) >= 11 is 0. The predicted octanol–water partition coefficient (Wildman–Crippen LogP) is 3.14. The fraction of sp³-hybridized carbons (Fsp3) is 0.562. The lowest BCUT2D eigenvalue weighted by Gasteiger charge is -2.14. The van der Waals surface area contributed by atoms with Crippen molar-refractivity contribution in [3.05, 3.63) is 29.3 Å². The molecular weight excluding hydrogens is 238 g/mol. The van der Waals surface area contributed by atoms with Gasteiger partial charge in [-0.2, -0.15) is 0 Å². The maximum absolute atomic E-state index is 12.3. The van der Waals surface area contributed by atoms with Crippen molar-refractivity contribution in [2.75, 3.05) is 13.7 Å². The fourth-order valence-corrected chi connectivity index (χ4v) is 2.63. The Morgan fingerprint density at radius 1 is 1.47 bits per heavy atom. The monoisotopic (exact) mass is 261 g/mol. The molecule has 1 aromatic rings. The zero-order chi connectivity index (χ0) is 13.8. The van der Waals surface area contributed by atoms with Gasteiger partial charge in [-0.05, 0) is 49.1 Å². The minimum Gasteiger partial charge on any atom is -0.496 e. The number of Topliss-reactive ketones (excluding diaryl/α,β-unsaturated/α-hetero) is 1. The molecule has 3 nitrogen and oxygen atoms in total. The molecule has 1 aromatic carbocycles. The van der Waals surface area contributed by atoms with Gasteiger partial charge in [-0.3, -0.25) is 4.79 Å². The number of hydrogen-bond acceptors (Lipinski definition) is 3. The van der Waals surface area contributed by atoms with Crippen molar-refractivity contribution < 1.29 is 9.53 Å². The second-order valence-electron chi connectivity index (χ2n) is 5.53. The van der Waals surface area contributed by atoms with E-state index in [1.165, 1.54) is 6.42 Å². The van der Waals surface area contributed by atoms with Crippen LogP contribution >= 0.6 is 0 Å². The molecule has 1 aliphatic rings. The zero-order valence-corrected chi connectivity index (χ0v) is 12.0. The smallest absolute Gasteiger partial charge is 0.164 e. The summed E-state index contributed by atoms with van der Waals surface area (Å²) < 4.78 is 5.35. The van der Waals surface area contributed by atoms with Gasteiger partial charge in [0.05, 0.1) is 7.11 Å². The topological polar surface area (TPSA) is 38.3 Å². The number of ether oxygens (including phenoxy) is 1. The van der Waals surface area contributed by atoms with E-state index in [0.29, 0.717) is 18.4 Å². The molecule has 1 heterocycles. The van der Waals surface area contributed by atoms with E-state index in [1.54, 1.807) is 7.11 Å². The van der Waals surface area contributed by atoms with Crippen LogP contribution < -0.4 is 10.1 Å². The number of rotatable bonds is 5. The van der Waals surface area contributed by atoms with Crippen LogP contribution in [-0.2, 0) is 0 Å². The van der Waals surface area contributed by atoms with E-state index < -0.39 is 0 Å². The molecule has 1 aliphatic heterocycles. The second kappa shape index (κ2) is 6.20. The van der Waals surface area contributed by atoms with Crippen molar-refractivity contribution >= 4 is 5.78 Å². The van der Waals surface area contributed by atoms with Gasteiger partial charge in [-0.1, -0.05) is 13.8 Å². The van der Waals surface area contributed by atoms with Crippen molar-refractivity contribution in [3.63, 3.8) is 0 Å². The Morgan fingerprint density at radius 2 is 2.26 bits per heavy atom. The van der Waals surface area contributed by atoms with Crippen LogP contribution in [0.15, 0.2) is 18.2 Å². The van der Waals surface area contributed by atoms with E-state index in [9.17, 15) is 4.79 Å². The average molecular weight is 261 g/mol. The minimum atomic E-state index is 0.226. The Morgan fingerprint density at radius 3 is 2.84 bits per heavy atom. The highest BCUT2D eigenvalue weighted by Crippen LogP contribution is 2.28. The molecule has 1 unspecified atom stereocenters. The van der Waals surface area contributed by atoms with Gasteiger partial charge in [-0.25, -0.2) is 0 Å². The Labute approximate surface area is 115 Å². The molecule has 0 aliphatic carbocycles. The highest BCUT2D eigenvalue weighted by Gasteiger charge is 2.19. The maximum Gasteiger partial charge on any atom is 0.164 e. The summed E-state index contributed by atoms with van der Waals surface area (Å²) in [7, 11) is 1.67. The van der Waals surface area contributed by atoms with Crippen molar-refractivity contribution in [1.82, 2.24) is 5.32 Å². The molecule has 0 radical (unpaired) electrons. The van der Waals surface area contributed by atoms with E-state index in [4.69, 9.17) is 4.74 Å². The van der Waals surface area contributed by atoms with E-state index in [1.807, 2.05) is 18.2 Å². The van der Waals surface area contributed by atoms with Gasteiger partial charge in [0.25, 0.3) is 0 Å². The van der Waals surface area contributed by atoms with Gasteiger partial charge in [-0.15, -0.1) is 0 Å². The maximum atomic E-state index is 12.3. The zero-order valence-electron chi connectivity index (χ0n) is 12.0. The van der Waals surface area contributed by atoms with Crippen LogP contribution in [0.3, 0.4) is 0 Å². The average Bonchev–Trinajstić information content (AvgIpc) is 2.90. The lowest BCUT2D eigenvalue weighted by atomic mass is 9.96. The van der Waals surface area contributed by atoms with Crippen LogP contribution in [0.5, 0.6) is 5.75 Å². The summed E-state index contributed by atoms with van der Waals surface area (Å²) in [5.41, 5.74) is 1.91.